The molecule has 1 aromatic carbocycles. The molecule has 0 aliphatic carbocycles. The van der Waals surface area contributed by atoms with E-state index in [0.717, 1.165) is 0 Å². The van der Waals surface area contributed by atoms with E-state index in [0.29, 0.717) is 17.9 Å². The van der Waals surface area contributed by atoms with Crippen LogP contribution in [0.1, 0.15) is 12.5 Å². The summed E-state index contributed by atoms with van der Waals surface area (Å²) in [5.41, 5.74) is 6.10. The van der Waals surface area contributed by atoms with Gasteiger partial charge in [0.2, 0.25) is 10.0 Å². The largest absolute Gasteiger partial charge is 0.494 e. The van der Waals surface area contributed by atoms with Gasteiger partial charge in [-0.3, -0.25) is 0 Å². The van der Waals surface area contributed by atoms with E-state index in [-0.39, 0.29) is 23.8 Å². The maximum atomic E-state index is 12.4. The molecule has 5 nitrogen and oxygen atoms in total. The van der Waals surface area contributed by atoms with Crippen LogP contribution in [0.5, 0.6) is 5.75 Å². The first-order valence-corrected chi connectivity index (χ1v) is 8.49. The highest BCUT2D eigenvalue weighted by molar-refractivity contribution is 7.88. The molecule has 0 unspecified atom stereocenters. The SMILES string of the molecule is C=CCN(CC(N)=S)S(=O)(=O)Cc1cccc(OCC)c1. The lowest BCUT2D eigenvalue weighted by Gasteiger charge is -2.20. The van der Waals surface area contributed by atoms with Crippen LogP contribution in [0.2, 0.25) is 0 Å². The van der Waals surface area contributed by atoms with Gasteiger partial charge >= 0.3 is 0 Å². The number of ether oxygens (including phenoxy) is 1. The zero-order valence-corrected chi connectivity index (χ0v) is 13.6. The van der Waals surface area contributed by atoms with Crippen molar-refractivity contribution in [1.82, 2.24) is 4.31 Å². The molecule has 0 radical (unpaired) electrons. The molecule has 116 valence electrons. The fourth-order valence-corrected chi connectivity index (χ4v) is 3.48. The Morgan fingerprint density at radius 2 is 2.24 bits per heavy atom. The molecule has 1 rings (SSSR count). The second-order valence-electron chi connectivity index (χ2n) is 4.38. The topological polar surface area (TPSA) is 72.6 Å². The number of sulfonamides is 1. The Balaban J connectivity index is 2.93. The minimum atomic E-state index is -3.53. The molecule has 0 heterocycles. The van der Waals surface area contributed by atoms with E-state index >= 15 is 0 Å². The van der Waals surface area contributed by atoms with Gasteiger partial charge in [0, 0.05) is 6.54 Å². The van der Waals surface area contributed by atoms with Crippen LogP contribution in [0.25, 0.3) is 0 Å². The summed E-state index contributed by atoms with van der Waals surface area (Å²) >= 11 is 4.79. The monoisotopic (exact) mass is 328 g/mol. The van der Waals surface area contributed by atoms with Gasteiger partial charge in [0.05, 0.1) is 23.9 Å². The van der Waals surface area contributed by atoms with Gasteiger partial charge in [0.25, 0.3) is 0 Å². The molecule has 0 aliphatic heterocycles. The summed E-state index contributed by atoms with van der Waals surface area (Å²) in [6, 6.07) is 7.01. The van der Waals surface area contributed by atoms with Gasteiger partial charge in [-0.1, -0.05) is 30.4 Å². The Morgan fingerprint density at radius 3 is 2.81 bits per heavy atom. The first-order chi connectivity index (χ1) is 9.89. The summed E-state index contributed by atoms with van der Waals surface area (Å²) in [5.74, 6) is 0.513. The van der Waals surface area contributed by atoms with E-state index in [4.69, 9.17) is 22.7 Å². The molecular weight excluding hydrogens is 308 g/mol. The van der Waals surface area contributed by atoms with Crippen LogP contribution < -0.4 is 10.5 Å². The molecule has 2 N–H and O–H groups in total. The van der Waals surface area contributed by atoms with Crippen LogP contribution in [0.4, 0.5) is 0 Å². The van der Waals surface area contributed by atoms with Crippen molar-refractivity contribution in [1.29, 1.82) is 0 Å². The van der Waals surface area contributed by atoms with Crippen molar-refractivity contribution in [3.63, 3.8) is 0 Å². The summed E-state index contributed by atoms with van der Waals surface area (Å²) in [7, 11) is -3.53. The normalized spacial score (nSPS) is 11.3. The summed E-state index contributed by atoms with van der Waals surface area (Å²) in [5, 5.41) is 0. The summed E-state index contributed by atoms with van der Waals surface area (Å²) < 4.78 is 31.4. The quantitative estimate of drug-likeness (QED) is 0.552. The first kappa shape index (κ1) is 17.6. The Labute approximate surface area is 131 Å². The van der Waals surface area contributed by atoms with Gasteiger partial charge in [0.1, 0.15) is 5.75 Å². The molecule has 0 saturated carbocycles. The Morgan fingerprint density at radius 1 is 1.52 bits per heavy atom. The number of benzene rings is 1. The van der Waals surface area contributed by atoms with Gasteiger partial charge < -0.3 is 10.5 Å². The second-order valence-corrected chi connectivity index (χ2v) is 6.88. The number of hydrogen-bond donors (Lipinski definition) is 1. The molecule has 0 fully saturated rings. The average molecular weight is 328 g/mol. The van der Waals surface area contributed by atoms with E-state index in [1.165, 1.54) is 10.4 Å². The molecule has 0 spiro atoms. The highest BCUT2D eigenvalue weighted by Crippen LogP contribution is 2.17. The first-order valence-electron chi connectivity index (χ1n) is 6.47. The van der Waals surface area contributed by atoms with E-state index in [1.54, 1.807) is 24.3 Å². The molecule has 0 aliphatic rings. The van der Waals surface area contributed by atoms with Crippen LogP contribution in [0.15, 0.2) is 36.9 Å². The van der Waals surface area contributed by atoms with Gasteiger partial charge in [-0.15, -0.1) is 6.58 Å². The minimum absolute atomic E-state index is 0.00877. The standard InChI is InChI=1S/C14H20N2O3S2/c1-3-8-16(10-14(15)20)21(17,18)11-12-6-5-7-13(9-12)19-4-2/h3,5-7,9H,1,4,8,10-11H2,2H3,(H2,15,20). The van der Waals surface area contributed by atoms with Crippen molar-refractivity contribution in [2.45, 2.75) is 12.7 Å². The molecule has 0 bridgehead atoms. The lowest BCUT2D eigenvalue weighted by atomic mass is 10.2. The van der Waals surface area contributed by atoms with Gasteiger partial charge in [-0.25, -0.2) is 8.42 Å². The lowest BCUT2D eigenvalue weighted by Crippen LogP contribution is -2.38. The zero-order chi connectivity index (χ0) is 15.9. The third-order valence-corrected chi connectivity index (χ3v) is 4.51. The molecule has 1 aromatic rings. The van der Waals surface area contributed by atoms with E-state index in [9.17, 15) is 8.42 Å². The smallest absolute Gasteiger partial charge is 0.218 e. The van der Waals surface area contributed by atoms with Crippen molar-refractivity contribution < 1.29 is 13.2 Å². The molecule has 0 atom stereocenters. The summed E-state index contributed by atoms with van der Waals surface area (Å²) in [4.78, 5) is 0.128. The number of hydrogen-bond acceptors (Lipinski definition) is 4. The second kappa shape index (κ2) is 8.11. The Hall–Kier alpha value is -1.44. The highest BCUT2D eigenvalue weighted by atomic mass is 32.2. The number of nitrogens with two attached hydrogens (primary N) is 1. The maximum absolute atomic E-state index is 12.4. The van der Waals surface area contributed by atoms with Crippen molar-refractivity contribution in [3.8, 4) is 5.75 Å². The predicted molar refractivity (Wildman–Crippen MR) is 88.8 cm³/mol. The van der Waals surface area contributed by atoms with Crippen LogP contribution in [0.3, 0.4) is 0 Å². The number of rotatable bonds is 9. The minimum Gasteiger partial charge on any atom is -0.494 e. The summed E-state index contributed by atoms with van der Waals surface area (Å²) in [6.07, 6.45) is 1.51. The lowest BCUT2D eigenvalue weighted by molar-refractivity contribution is 0.340. The fraction of sp³-hybridized carbons (Fsp3) is 0.357. The van der Waals surface area contributed by atoms with Crippen molar-refractivity contribution in [3.05, 3.63) is 42.5 Å². The van der Waals surface area contributed by atoms with Crippen LogP contribution in [0, 0.1) is 0 Å². The zero-order valence-electron chi connectivity index (χ0n) is 12.0. The molecule has 7 heteroatoms. The molecule has 0 aromatic heterocycles. The third-order valence-electron chi connectivity index (χ3n) is 2.62. The van der Waals surface area contributed by atoms with E-state index in [2.05, 4.69) is 6.58 Å². The predicted octanol–water partition coefficient (Wildman–Crippen LogP) is 1.69. The maximum Gasteiger partial charge on any atom is 0.218 e. The molecule has 0 amide bonds. The van der Waals surface area contributed by atoms with Crippen molar-refractivity contribution >= 4 is 27.2 Å². The van der Waals surface area contributed by atoms with E-state index < -0.39 is 10.0 Å². The van der Waals surface area contributed by atoms with Gasteiger partial charge in [0.15, 0.2) is 0 Å². The van der Waals surface area contributed by atoms with Crippen molar-refractivity contribution in [2.75, 3.05) is 19.7 Å². The fourth-order valence-electron chi connectivity index (χ4n) is 1.79. The third kappa shape index (κ3) is 5.82. The van der Waals surface area contributed by atoms with Crippen LogP contribution in [-0.4, -0.2) is 37.4 Å². The highest BCUT2D eigenvalue weighted by Gasteiger charge is 2.22. The summed E-state index contributed by atoms with van der Waals surface area (Å²) in [6.45, 7) is 6.14. The Bertz CT molecular complexity index is 600. The van der Waals surface area contributed by atoms with Crippen molar-refractivity contribution in [2.24, 2.45) is 5.73 Å². The number of nitrogens with zero attached hydrogens (tertiary/aromatic N) is 1. The average Bonchev–Trinajstić information content (AvgIpc) is 2.38. The van der Waals surface area contributed by atoms with Crippen LogP contribution in [-0.2, 0) is 15.8 Å². The van der Waals surface area contributed by atoms with E-state index in [1.807, 2.05) is 6.92 Å². The van der Waals surface area contributed by atoms with Crippen LogP contribution >= 0.6 is 12.2 Å². The molecule has 21 heavy (non-hydrogen) atoms. The molecular formula is C14H20N2O3S2. The molecule has 0 saturated heterocycles. The van der Waals surface area contributed by atoms with Gasteiger partial charge in [-0.2, -0.15) is 4.31 Å². The number of thiocarbonyl (C=S) groups is 1. The van der Waals surface area contributed by atoms with Gasteiger partial charge in [-0.05, 0) is 24.6 Å². The Kier molecular flexibility index (Phi) is 6.80.